The molecule has 0 radical (unpaired) electrons. The second-order valence-electron chi connectivity index (χ2n) is 6.43. The number of fused-ring (bicyclic) bond motifs is 1. The summed E-state index contributed by atoms with van der Waals surface area (Å²) in [5.74, 6) is -0.280. The number of rotatable bonds is 2. The van der Waals surface area contributed by atoms with Gasteiger partial charge in [-0.05, 0) is 46.6 Å². The summed E-state index contributed by atoms with van der Waals surface area (Å²) >= 11 is 1.50. The van der Waals surface area contributed by atoms with Crippen LogP contribution in [-0.4, -0.2) is 35.2 Å². The van der Waals surface area contributed by atoms with Crippen molar-refractivity contribution in [1.29, 1.82) is 0 Å². The first-order chi connectivity index (χ1) is 10.2. The maximum Gasteiger partial charge on any atom is 0.410 e. The van der Waals surface area contributed by atoms with Crippen molar-refractivity contribution in [2.45, 2.75) is 59.2 Å². The molecule has 0 saturated heterocycles. The van der Waals surface area contributed by atoms with E-state index in [0.717, 1.165) is 10.4 Å². The van der Waals surface area contributed by atoms with Gasteiger partial charge in [0.1, 0.15) is 5.60 Å². The van der Waals surface area contributed by atoms with Gasteiger partial charge in [0, 0.05) is 16.3 Å². The van der Waals surface area contributed by atoms with Gasteiger partial charge in [0.25, 0.3) is 0 Å². The molecule has 1 atom stereocenters. The molecule has 2 rings (SSSR count). The molecule has 1 aromatic heterocycles. The van der Waals surface area contributed by atoms with Crippen molar-refractivity contribution in [2.24, 2.45) is 0 Å². The second-order valence-corrected chi connectivity index (χ2v) is 7.40. The summed E-state index contributed by atoms with van der Waals surface area (Å²) in [6.07, 6.45) is 0.336. The number of carbonyl (C=O) groups excluding carboxylic acids is 2. The Morgan fingerprint density at radius 3 is 2.68 bits per heavy atom. The molecule has 1 amide bonds. The molecule has 0 aromatic carbocycles. The minimum atomic E-state index is -0.511. The van der Waals surface area contributed by atoms with Gasteiger partial charge in [0.2, 0.25) is 0 Å². The van der Waals surface area contributed by atoms with Gasteiger partial charge >= 0.3 is 12.1 Å². The second kappa shape index (κ2) is 6.28. The predicted molar refractivity (Wildman–Crippen MR) is 85.2 cm³/mol. The van der Waals surface area contributed by atoms with E-state index in [0.29, 0.717) is 25.1 Å². The molecular formula is C16H23NO4S. The topological polar surface area (TPSA) is 55.8 Å². The van der Waals surface area contributed by atoms with Crippen molar-refractivity contribution < 1.29 is 19.1 Å². The Morgan fingerprint density at radius 1 is 1.41 bits per heavy atom. The van der Waals surface area contributed by atoms with Crippen LogP contribution in [0.25, 0.3) is 0 Å². The van der Waals surface area contributed by atoms with Gasteiger partial charge in [-0.2, -0.15) is 0 Å². The SMILES string of the molecule is CCOC(=O)c1csc2c1C[C@@H](C)N(C(=O)OC(C)(C)C)C2. The largest absolute Gasteiger partial charge is 0.462 e. The van der Waals surface area contributed by atoms with Crippen LogP contribution in [0, 0.1) is 0 Å². The molecule has 0 unspecified atom stereocenters. The number of nitrogens with zero attached hydrogens (tertiary/aromatic N) is 1. The van der Waals surface area contributed by atoms with Gasteiger partial charge in [-0.1, -0.05) is 0 Å². The van der Waals surface area contributed by atoms with Crippen LogP contribution < -0.4 is 0 Å². The number of hydrogen-bond acceptors (Lipinski definition) is 5. The zero-order valence-electron chi connectivity index (χ0n) is 13.8. The molecule has 0 fully saturated rings. The Labute approximate surface area is 135 Å². The highest BCUT2D eigenvalue weighted by atomic mass is 32.1. The average molecular weight is 325 g/mol. The van der Waals surface area contributed by atoms with Crippen LogP contribution >= 0.6 is 11.3 Å². The fourth-order valence-electron chi connectivity index (χ4n) is 2.44. The first-order valence-corrected chi connectivity index (χ1v) is 8.37. The molecule has 22 heavy (non-hydrogen) atoms. The third kappa shape index (κ3) is 3.61. The highest BCUT2D eigenvalue weighted by Gasteiger charge is 2.33. The minimum Gasteiger partial charge on any atom is -0.462 e. The monoisotopic (exact) mass is 325 g/mol. The number of amides is 1. The van der Waals surface area contributed by atoms with E-state index in [-0.39, 0.29) is 18.1 Å². The van der Waals surface area contributed by atoms with Crippen LogP contribution in [0.5, 0.6) is 0 Å². The first-order valence-electron chi connectivity index (χ1n) is 7.49. The van der Waals surface area contributed by atoms with E-state index in [1.165, 1.54) is 11.3 Å². The van der Waals surface area contributed by atoms with Crippen molar-refractivity contribution in [3.8, 4) is 0 Å². The average Bonchev–Trinajstić information content (AvgIpc) is 2.78. The molecular weight excluding hydrogens is 302 g/mol. The molecule has 0 N–H and O–H groups in total. The van der Waals surface area contributed by atoms with Gasteiger partial charge in [0.05, 0.1) is 18.7 Å². The van der Waals surface area contributed by atoms with Crippen molar-refractivity contribution >= 4 is 23.4 Å². The lowest BCUT2D eigenvalue weighted by Crippen LogP contribution is -2.45. The lowest BCUT2D eigenvalue weighted by molar-refractivity contribution is 0.0141. The van der Waals surface area contributed by atoms with Crippen LogP contribution in [0.4, 0.5) is 4.79 Å². The summed E-state index contributed by atoms with van der Waals surface area (Å²) < 4.78 is 10.5. The number of esters is 1. The van der Waals surface area contributed by atoms with E-state index in [4.69, 9.17) is 9.47 Å². The molecule has 0 saturated carbocycles. The summed E-state index contributed by atoms with van der Waals surface area (Å²) in [6, 6.07) is -0.00914. The zero-order chi connectivity index (χ0) is 16.5. The van der Waals surface area contributed by atoms with Crippen molar-refractivity contribution in [1.82, 2.24) is 4.90 Å². The van der Waals surface area contributed by atoms with E-state index in [2.05, 4.69) is 0 Å². The molecule has 1 aliphatic rings. The van der Waals surface area contributed by atoms with Gasteiger partial charge in [-0.3, -0.25) is 0 Å². The van der Waals surface area contributed by atoms with Gasteiger partial charge in [-0.15, -0.1) is 11.3 Å². The molecule has 1 aliphatic heterocycles. The maximum atomic E-state index is 12.3. The predicted octanol–water partition coefficient (Wildman–Crippen LogP) is 3.61. The molecule has 5 nitrogen and oxygen atoms in total. The van der Waals surface area contributed by atoms with E-state index in [9.17, 15) is 9.59 Å². The Balaban J connectivity index is 2.18. The Hall–Kier alpha value is -1.56. The quantitative estimate of drug-likeness (QED) is 0.780. The number of thiophene rings is 1. The summed E-state index contributed by atoms with van der Waals surface area (Å²) in [4.78, 5) is 27.0. The summed E-state index contributed by atoms with van der Waals surface area (Å²) in [5, 5.41) is 1.83. The van der Waals surface area contributed by atoms with E-state index in [1.807, 2.05) is 33.1 Å². The summed E-state index contributed by atoms with van der Waals surface area (Å²) in [7, 11) is 0. The molecule has 0 spiro atoms. The molecule has 0 bridgehead atoms. The van der Waals surface area contributed by atoms with Gasteiger partial charge in [-0.25, -0.2) is 9.59 Å². The first kappa shape index (κ1) is 16.8. The lowest BCUT2D eigenvalue weighted by atomic mass is 9.98. The smallest absolute Gasteiger partial charge is 0.410 e. The normalized spacial score (nSPS) is 17.9. The number of ether oxygens (including phenoxy) is 2. The summed E-state index contributed by atoms with van der Waals surface area (Å²) in [5.41, 5.74) is 1.14. The highest BCUT2D eigenvalue weighted by molar-refractivity contribution is 7.10. The molecule has 6 heteroatoms. The zero-order valence-corrected chi connectivity index (χ0v) is 14.6. The fourth-order valence-corrected chi connectivity index (χ4v) is 3.49. The highest BCUT2D eigenvalue weighted by Crippen LogP contribution is 2.32. The van der Waals surface area contributed by atoms with E-state index >= 15 is 0 Å². The molecule has 1 aromatic rings. The lowest BCUT2D eigenvalue weighted by Gasteiger charge is -2.35. The number of hydrogen-bond donors (Lipinski definition) is 0. The van der Waals surface area contributed by atoms with Crippen LogP contribution in [-0.2, 0) is 22.4 Å². The van der Waals surface area contributed by atoms with Gasteiger partial charge < -0.3 is 14.4 Å². The standard InChI is InChI=1S/C16H23NO4S/c1-6-20-14(18)12-9-22-13-8-17(10(2)7-11(12)13)15(19)21-16(3,4)5/h9-10H,6-8H2,1-5H3/t10-/m1/s1. The van der Waals surface area contributed by atoms with E-state index in [1.54, 1.807) is 11.8 Å². The third-order valence-corrected chi connectivity index (χ3v) is 4.46. The van der Waals surface area contributed by atoms with Crippen LogP contribution in [0.2, 0.25) is 0 Å². The van der Waals surface area contributed by atoms with Crippen molar-refractivity contribution in [3.63, 3.8) is 0 Å². The van der Waals surface area contributed by atoms with Crippen molar-refractivity contribution in [3.05, 3.63) is 21.4 Å². The van der Waals surface area contributed by atoms with Crippen molar-refractivity contribution in [2.75, 3.05) is 6.61 Å². The minimum absolute atomic E-state index is 0.00914. The maximum absolute atomic E-state index is 12.3. The Kier molecular flexibility index (Phi) is 4.80. The van der Waals surface area contributed by atoms with Crippen LogP contribution in [0.15, 0.2) is 5.38 Å². The summed E-state index contributed by atoms with van der Waals surface area (Å²) in [6.45, 7) is 10.2. The number of carbonyl (C=O) groups is 2. The Bertz CT molecular complexity index is 573. The fraction of sp³-hybridized carbons (Fsp3) is 0.625. The van der Waals surface area contributed by atoms with Crippen LogP contribution in [0.3, 0.4) is 0 Å². The van der Waals surface area contributed by atoms with E-state index < -0.39 is 5.60 Å². The third-order valence-electron chi connectivity index (χ3n) is 3.45. The van der Waals surface area contributed by atoms with Gasteiger partial charge in [0.15, 0.2) is 0 Å². The molecule has 122 valence electrons. The molecule has 0 aliphatic carbocycles. The Morgan fingerprint density at radius 2 is 2.09 bits per heavy atom. The van der Waals surface area contributed by atoms with Crippen LogP contribution in [0.1, 0.15) is 55.4 Å². The molecule has 2 heterocycles.